The molecule has 0 aliphatic heterocycles. The van der Waals surface area contributed by atoms with E-state index in [0.29, 0.717) is 5.56 Å². The van der Waals surface area contributed by atoms with E-state index in [4.69, 9.17) is 0 Å². The number of nitrogens with zero attached hydrogens (tertiary/aromatic N) is 6. The molecule has 3 heterocycles. The third-order valence-corrected chi connectivity index (χ3v) is 4.15. The molecule has 3 aromatic heterocycles. The smallest absolute Gasteiger partial charge is 0.274 e. The summed E-state index contributed by atoms with van der Waals surface area (Å²) in [5.41, 5.74) is 4.80. The van der Waals surface area contributed by atoms with Gasteiger partial charge in [-0.1, -0.05) is 0 Å². The van der Waals surface area contributed by atoms with Crippen molar-refractivity contribution in [2.24, 2.45) is 0 Å². The molecule has 8 nitrogen and oxygen atoms in total. The average molecular weight is 334 g/mol. The van der Waals surface area contributed by atoms with E-state index in [2.05, 4.69) is 15.1 Å². The molecule has 0 aliphatic rings. The number of aryl methyl sites for hydroxylation is 2. The molecule has 0 unspecified atom stereocenters. The molecule has 25 heavy (non-hydrogen) atoms. The van der Waals surface area contributed by atoms with Gasteiger partial charge < -0.3 is 0 Å². The first-order valence-electron chi connectivity index (χ1n) is 7.63. The Labute approximate surface area is 142 Å². The van der Waals surface area contributed by atoms with Crippen LogP contribution in [0.4, 0.5) is 5.69 Å². The van der Waals surface area contributed by atoms with Crippen LogP contribution in [0.2, 0.25) is 0 Å². The summed E-state index contributed by atoms with van der Waals surface area (Å²) in [4.78, 5) is 18.9. The zero-order valence-electron chi connectivity index (χ0n) is 13.6. The van der Waals surface area contributed by atoms with Crippen molar-refractivity contribution in [1.82, 2.24) is 24.1 Å². The quantitative estimate of drug-likeness (QED) is 0.424. The summed E-state index contributed by atoms with van der Waals surface area (Å²) >= 11 is 0. The molecule has 124 valence electrons. The van der Waals surface area contributed by atoms with Gasteiger partial charge in [-0.15, -0.1) is 0 Å². The van der Waals surface area contributed by atoms with Crippen molar-refractivity contribution < 1.29 is 4.92 Å². The minimum absolute atomic E-state index is 0.101. The molecule has 1 aromatic carbocycles. The van der Waals surface area contributed by atoms with Crippen LogP contribution in [0.25, 0.3) is 22.6 Å². The number of benzene rings is 1. The van der Waals surface area contributed by atoms with Crippen LogP contribution in [0.5, 0.6) is 0 Å². The van der Waals surface area contributed by atoms with Crippen molar-refractivity contribution in [3.63, 3.8) is 0 Å². The first-order chi connectivity index (χ1) is 12.0. The Morgan fingerprint density at radius 2 is 1.80 bits per heavy atom. The normalized spacial score (nSPS) is 11.1. The Kier molecular flexibility index (Phi) is 3.31. The fraction of sp³-hybridized carbons (Fsp3) is 0.118. The van der Waals surface area contributed by atoms with Crippen molar-refractivity contribution in [1.29, 1.82) is 0 Å². The van der Waals surface area contributed by atoms with Crippen molar-refractivity contribution >= 4 is 11.3 Å². The fourth-order valence-corrected chi connectivity index (χ4v) is 2.94. The second kappa shape index (κ2) is 5.52. The van der Waals surface area contributed by atoms with Gasteiger partial charge in [-0.05, 0) is 25.5 Å². The van der Waals surface area contributed by atoms with Crippen LogP contribution in [0, 0.1) is 24.0 Å². The Morgan fingerprint density at radius 1 is 1.04 bits per heavy atom. The number of hydrogen-bond donors (Lipinski definition) is 0. The second-order valence-electron chi connectivity index (χ2n) is 5.81. The van der Waals surface area contributed by atoms with Gasteiger partial charge in [-0.3, -0.25) is 14.7 Å². The summed E-state index contributed by atoms with van der Waals surface area (Å²) in [5, 5.41) is 15.8. The highest BCUT2D eigenvalue weighted by Gasteiger charge is 2.17. The van der Waals surface area contributed by atoms with E-state index < -0.39 is 0 Å². The maximum Gasteiger partial charge on any atom is 0.274 e. The van der Waals surface area contributed by atoms with E-state index in [0.717, 1.165) is 28.2 Å². The number of nitro benzene ring substituents is 1. The van der Waals surface area contributed by atoms with Crippen LogP contribution in [0.3, 0.4) is 0 Å². The Hall–Kier alpha value is -3.55. The fourth-order valence-electron chi connectivity index (χ4n) is 2.94. The molecule has 4 rings (SSSR count). The molecule has 0 fully saturated rings. The number of aromatic nitrogens is 5. The molecule has 4 aromatic rings. The Morgan fingerprint density at radius 3 is 2.52 bits per heavy atom. The highest BCUT2D eigenvalue weighted by Crippen LogP contribution is 2.28. The van der Waals surface area contributed by atoms with E-state index >= 15 is 0 Å². The van der Waals surface area contributed by atoms with Crippen LogP contribution in [-0.2, 0) is 0 Å². The maximum atomic E-state index is 11.3. The number of hydrogen-bond acceptors (Lipinski definition) is 5. The van der Waals surface area contributed by atoms with Crippen LogP contribution in [0.15, 0.2) is 49.3 Å². The van der Waals surface area contributed by atoms with Crippen LogP contribution >= 0.6 is 0 Å². The first kappa shape index (κ1) is 15.0. The molecule has 8 heteroatoms. The highest BCUT2D eigenvalue weighted by molar-refractivity contribution is 5.65. The minimum Gasteiger partial charge on any atom is -0.300 e. The van der Waals surface area contributed by atoms with Crippen LogP contribution < -0.4 is 0 Å². The molecule has 0 saturated carbocycles. The maximum absolute atomic E-state index is 11.3. The molecule has 0 atom stereocenters. The molecule has 0 saturated heterocycles. The summed E-state index contributed by atoms with van der Waals surface area (Å²) in [6.07, 6.45) is 8.51. The lowest BCUT2D eigenvalue weighted by Gasteiger charge is -2.09. The lowest BCUT2D eigenvalue weighted by molar-refractivity contribution is -0.385. The van der Waals surface area contributed by atoms with E-state index in [1.54, 1.807) is 29.9 Å². The van der Waals surface area contributed by atoms with Crippen molar-refractivity contribution in [3.05, 3.63) is 70.6 Å². The SMILES string of the molecule is Cc1cc(C)c([N+](=O)[O-])cc1-n1ccn2nc(-c3cncnc3)cc12. The third kappa shape index (κ3) is 2.44. The summed E-state index contributed by atoms with van der Waals surface area (Å²) in [6, 6.07) is 5.33. The van der Waals surface area contributed by atoms with Crippen LogP contribution in [-0.4, -0.2) is 29.1 Å². The molecular formula is C17H14N6O2. The third-order valence-electron chi connectivity index (χ3n) is 4.15. The number of nitro groups is 1. The van der Waals surface area contributed by atoms with E-state index in [-0.39, 0.29) is 10.6 Å². The zero-order chi connectivity index (χ0) is 17.6. The van der Waals surface area contributed by atoms with Gasteiger partial charge in [0.05, 0.1) is 16.3 Å². The molecule has 0 amide bonds. The monoisotopic (exact) mass is 334 g/mol. The average Bonchev–Trinajstić information content (AvgIpc) is 3.16. The number of fused-ring (bicyclic) bond motifs is 1. The van der Waals surface area contributed by atoms with E-state index in [1.165, 1.54) is 6.33 Å². The summed E-state index contributed by atoms with van der Waals surface area (Å²) in [5.74, 6) is 0. The summed E-state index contributed by atoms with van der Waals surface area (Å²) in [7, 11) is 0. The van der Waals surface area contributed by atoms with Crippen molar-refractivity contribution in [2.45, 2.75) is 13.8 Å². The van der Waals surface area contributed by atoms with Crippen molar-refractivity contribution in [3.8, 4) is 16.9 Å². The summed E-state index contributed by atoms with van der Waals surface area (Å²) in [6.45, 7) is 3.68. The number of rotatable bonds is 3. The molecule has 0 N–H and O–H groups in total. The van der Waals surface area contributed by atoms with Gasteiger partial charge in [-0.2, -0.15) is 5.10 Å². The van der Waals surface area contributed by atoms with Crippen molar-refractivity contribution in [2.75, 3.05) is 0 Å². The minimum atomic E-state index is -0.359. The predicted molar refractivity (Wildman–Crippen MR) is 91.7 cm³/mol. The highest BCUT2D eigenvalue weighted by atomic mass is 16.6. The second-order valence-corrected chi connectivity index (χ2v) is 5.81. The molecule has 0 spiro atoms. The largest absolute Gasteiger partial charge is 0.300 e. The zero-order valence-corrected chi connectivity index (χ0v) is 13.6. The van der Waals surface area contributed by atoms with Gasteiger partial charge in [0.1, 0.15) is 12.0 Å². The molecule has 0 bridgehead atoms. The Balaban J connectivity index is 1.89. The van der Waals surface area contributed by atoms with Gasteiger partial charge in [0.2, 0.25) is 0 Å². The lowest BCUT2D eigenvalue weighted by Crippen LogP contribution is -2.00. The van der Waals surface area contributed by atoms with E-state index in [1.807, 2.05) is 36.0 Å². The van der Waals surface area contributed by atoms with Gasteiger partial charge in [0, 0.05) is 48.0 Å². The molecular weight excluding hydrogens is 320 g/mol. The molecule has 0 radical (unpaired) electrons. The lowest BCUT2D eigenvalue weighted by atomic mass is 10.1. The van der Waals surface area contributed by atoms with Gasteiger partial charge in [0.25, 0.3) is 5.69 Å². The standard InChI is InChI=1S/C17H14N6O2/c1-11-5-12(2)16(23(24)25)7-15(11)21-3-4-22-17(21)6-14(20-22)13-8-18-10-19-9-13/h3-10H,1-2H3. The Bertz CT molecular complexity index is 1100. The first-order valence-corrected chi connectivity index (χ1v) is 7.63. The number of imidazole rings is 1. The topological polar surface area (TPSA) is 91.2 Å². The van der Waals surface area contributed by atoms with E-state index in [9.17, 15) is 10.1 Å². The predicted octanol–water partition coefficient (Wildman–Crippen LogP) is 3.11. The molecule has 0 aliphatic carbocycles. The van der Waals surface area contributed by atoms with Crippen LogP contribution in [0.1, 0.15) is 11.1 Å². The van der Waals surface area contributed by atoms with Gasteiger partial charge >= 0.3 is 0 Å². The van der Waals surface area contributed by atoms with Gasteiger partial charge in [0.15, 0.2) is 0 Å². The van der Waals surface area contributed by atoms with Gasteiger partial charge in [-0.25, -0.2) is 14.5 Å². The summed E-state index contributed by atoms with van der Waals surface area (Å²) < 4.78 is 3.62.